The van der Waals surface area contributed by atoms with Crippen LogP contribution in [0.3, 0.4) is 0 Å². The Morgan fingerprint density at radius 1 is 0.812 bits per heavy atom. The zero-order valence-electron chi connectivity index (χ0n) is 28.1. The molecule has 0 bridgehead atoms. The first-order valence-electron chi connectivity index (χ1n) is 16.8. The van der Waals surface area contributed by atoms with Crippen LogP contribution in [0, 0.1) is 13.8 Å². The Kier molecular flexibility index (Phi) is 12.3. The molecule has 48 heavy (non-hydrogen) atoms. The molecule has 1 aliphatic rings. The Morgan fingerprint density at radius 2 is 1.42 bits per heavy atom. The van der Waals surface area contributed by atoms with Crippen molar-refractivity contribution in [2.75, 3.05) is 20.3 Å². The molecular weight excluding hydrogens is 600 g/mol. The van der Waals surface area contributed by atoms with E-state index in [1.807, 2.05) is 111 Å². The summed E-state index contributed by atoms with van der Waals surface area (Å²) >= 11 is 0. The number of Topliss-reactive ketones (excluding diaryl/α,β-unsaturated/α-hetero) is 2. The molecule has 1 aliphatic heterocycles. The number of hydrogen-bond donors (Lipinski definition) is 2. The van der Waals surface area contributed by atoms with Gasteiger partial charge in [0.25, 0.3) is 0 Å². The number of ketones is 2. The minimum Gasteiger partial charge on any atom is -0.453 e. The van der Waals surface area contributed by atoms with Crippen LogP contribution in [0.5, 0.6) is 0 Å². The van der Waals surface area contributed by atoms with E-state index < -0.39 is 18.1 Å². The fraction of sp³-hybridized carbons (Fsp3) is 0.341. The molecule has 0 spiro atoms. The normalized spacial score (nSPS) is 16.7. The first-order valence-corrected chi connectivity index (χ1v) is 16.8. The van der Waals surface area contributed by atoms with Crippen LogP contribution >= 0.6 is 0 Å². The zero-order valence-corrected chi connectivity index (χ0v) is 28.1. The summed E-state index contributed by atoms with van der Waals surface area (Å²) in [7, 11) is 1.31. The number of benzene rings is 4. The first kappa shape index (κ1) is 34.7. The topological polar surface area (TPSA) is 93.7 Å². The number of nitrogens with one attached hydrogen (secondary N) is 2. The van der Waals surface area contributed by atoms with Gasteiger partial charge in [0.05, 0.1) is 19.8 Å². The van der Waals surface area contributed by atoms with E-state index in [1.54, 1.807) is 0 Å². The Balaban J connectivity index is 1.21. The van der Waals surface area contributed by atoms with Gasteiger partial charge in [0, 0.05) is 36.9 Å². The molecule has 1 saturated heterocycles. The van der Waals surface area contributed by atoms with Gasteiger partial charge in [-0.25, -0.2) is 4.79 Å². The van der Waals surface area contributed by atoms with Crippen LogP contribution in [0.2, 0.25) is 0 Å². The van der Waals surface area contributed by atoms with Crippen molar-refractivity contribution >= 4 is 17.7 Å². The minimum absolute atomic E-state index is 0.0357. The number of rotatable bonds is 14. The van der Waals surface area contributed by atoms with Crippen LogP contribution in [0.25, 0.3) is 0 Å². The van der Waals surface area contributed by atoms with Gasteiger partial charge in [0.15, 0.2) is 11.6 Å². The van der Waals surface area contributed by atoms with Crippen LogP contribution in [-0.4, -0.2) is 56.1 Å². The molecule has 7 heteroatoms. The van der Waals surface area contributed by atoms with E-state index in [2.05, 4.69) is 16.7 Å². The lowest BCUT2D eigenvalue weighted by Gasteiger charge is -2.30. The van der Waals surface area contributed by atoms with E-state index in [9.17, 15) is 14.4 Å². The highest BCUT2D eigenvalue weighted by molar-refractivity contribution is 5.98. The summed E-state index contributed by atoms with van der Waals surface area (Å²) in [6.45, 7) is 5.26. The molecule has 4 aromatic rings. The van der Waals surface area contributed by atoms with Crippen LogP contribution in [-0.2, 0) is 27.1 Å². The number of ether oxygens (including phenoxy) is 2. The zero-order chi connectivity index (χ0) is 33.9. The number of aryl methyl sites for hydroxylation is 3. The Bertz CT molecular complexity index is 1610. The van der Waals surface area contributed by atoms with E-state index in [0.29, 0.717) is 19.6 Å². The molecule has 4 aromatic carbocycles. The second kappa shape index (κ2) is 17.0. The summed E-state index contributed by atoms with van der Waals surface area (Å²) in [6, 6.07) is 32.8. The van der Waals surface area contributed by atoms with Crippen LogP contribution < -0.4 is 10.6 Å². The van der Waals surface area contributed by atoms with Gasteiger partial charge in [-0.05, 0) is 66.5 Å². The number of amides is 1. The fourth-order valence-corrected chi connectivity index (χ4v) is 6.75. The Labute approximate surface area is 284 Å². The second-order valence-electron chi connectivity index (χ2n) is 12.7. The Hall–Kier alpha value is -4.59. The predicted molar refractivity (Wildman–Crippen MR) is 189 cm³/mol. The lowest BCUT2D eigenvalue weighted by Crippen LogP contribution is -2.46. The lowest BCUT2D eigenvalue weighted by molar-refractivity contribution is -0.120. The molecule has 1 fully saturated rings. The van der Waals surface area contributed by atoms with Gasteiger partial charge in [-0.1, -0.05) is 103 Å². The molecule has 3 atom stereocenters. The van der Waals surface area contributed by atoms with Gasteiger partial charge in [-0.3, -0.25) is 9.59 Å². The van der Waals surface area contributed by atoms with Gasteiger partial charge in [-0.15, -0.1) is 0 Å². The molecular formula is C41H46N2O5. The standard InChI is InChI=1S/C41H46N2O5/c1-28-13-12-14-29(2)38(28)36(44)24-22-34-27-48-35(26-42-34)23-21-30-15-10-11-20-33(30)25-37(45)40(43-41(46)47-3)39(31-16-6-4-7-17-31)32-18-8-5-9-19-32/h4-20,34-35,39-40,42H,21-27H2,1-3H3,(H,43,46)/t34-,35-,40-/m1/s1. The summed E-state index contributed by atoms with van der Waals surface area (Å²) < 4.78 is 11.2. The third-order valence-corrected chi connectivity index (χ3v) is 9.32. The quantitative estimate of drug-likeness (QED) is 0.145. The van der Waals surface area contributed by atoms with Crippen LogP contribution in [0.1, 0.15) is 68.9 Å². The molecule has 0 saturated carbocycles. The van der Waals surface area contributed by atoms with Gasteiger partial charge in [0.2, 0.25) is 0 Å². The highest BCUT2D eigenvalue weighted by Gasteiger charge is 2.33. The third-order valence-electron chi connectivity index (χ3n) is 9.32. The maximum Gasteiger partial charge on any atom is 0.407 e. The average molecular weight is 647 g/mol. The summed E-state index contributed by atoms with van der Waals surface area (Å²) in [5, 5.41) is 6.45. The van der Waals surface area contributed by atoms with E-state index >= 15 is 0 Å². The van der Waals surface area contributed by atoms with Crippen molar-refractivity contribution in [1.29, 1.82) is 0 Å². The van der Waals surface area contributed by atoms with E-state index in [-0.39, 0.29) is 30.1 Å². The van der Waals surface area contributed by atoms with Gasteiger partial charge >= 0.3 is 6.09 Å². The third kappa shape index (κ3) is 9.06. The van der Waals surface area contributed by atoms with E-state index in [4.69, 9.17) is 9.47 Å². The first-order chi connectivity index (χ1) is 23.3. The van der Waals surface area contributed by atoms with Crippen molar-refractivity contribution in [3.05, 3.63) is 142 Å². The van der Waals surface area contributed by atoms with Gasteiger partial charge in [-0.2, -0.15) is 0 Å². The molecule has 0 aromatic heterocycles. The molecule has 0 radical (unpaired) electrons. The van der Waals surface area contributed by atoms with Gasteiger partial charge < -0.3 is 20.1 Å². The van der Waals surface area contributed by atoms with Crippen molar-refractivity contribution in [2.45, 2.75) is 70.1 Å². The van der Waals surface area contributed by atoms with E-state index in [0.717, 1.165) is 58.2 Å². The monoisotopic (exact) mass is 646 g/mol. The van der Waals surface area contributed by atoms with Crippen molar-refractivity contribution in [1.82, 2.24) is 10.6 Å². The molecule has 5 rings (SSSR count). The van der Waals surface area contributed by atoms with Gasteiger partial charge in [0.1, 0.15) is 6.04 Å². The highest BCUT2D eigenvalue weighted by atomic mass is 16.5. The maximum absolute atomic E-state index is 14.2. The molecule has 1 amide bonds. The van der Waals surface area contributed by atoms with Crippen molar-refractivity contribution in [2.24, 2.45) is 0 Å². The molecule has 0 unspecified atom stereocenters. The lowest BCUT2D eigenvalue weighted by atomic mass is 9.81. The fourth-order valence-electron chi connectivity index (χ4n) is 6.75. The maximum atomic E-state index is 14.2. The van der Waals surface area contributed by atoms with Crippen LogP contribution in [0.15, 0.2) is 103 Å². The number of carbonyl (C=O) groups is 3. The average Bonchev–Trinajstić information content (AvgIpc) is 3.11. The number of morpholine rings is 1. The molecule has 7 nitrogen and oxygen atoms in total. The highest BCUT2D eigenvalue weighted by Crippen LogP contribution is 2.30. The number of alkyl carbamates (subject to hydrolysis) is 1. The summed E-state index contributed by atoms with van der Waals surface area (Å²) in [4.78, 5) is 39.6. The smallest absolute Gasteiger partial charge is 0.407 e. The summed E-state index contributed by atoms with van der Waals surface area (Å²) in [6.07, 6.45) is 2.33. The van der Waals surface area contributed by atoms with Crippen LogP contribution in [0.4, 0.5) is 4.79 Å². The second-order valence-corrected chi connectivity index (χ2v) is 12.7. The molecule has 2 N–H and O–H groups in total. The van der Waals surface area contributed by atoms with E-state index in [1.165, 1.54) is 7.11 Å². The largest absolute Gasteiger partial charge is 0.453 e. The van der Waals surface area contributed by atoms with Crippen molar-refractivity contribution < 1.29 is 23.9 Å². The summed E-state index contributed by atoms with van der Waals surface area (Å²) in [5.41, 5.74) is 6.78. The number of hydrogen-bond acceptors (Lipinski definition) is 6. The summed E-state index contributed by atoms with van der Waals surface area (Å²) in [5.74, 6) is -0.306. The molecule has 250 valence electrons. The number of carbonyl (C=O) groups excluding carboxylic acids is 3. The predicted octanol–water partition coefficient (Wildman–Crippen LogP) is 6.92. The Morgan fingerprint density at radius 3 is 2.00 bits per heavy atom. The SMILES string of the molecule is COC(=O)N[C@H](C(=O)Cc1ccccc1CC[C@@H]1CN[C@H](CCC(=O)c2c(C)cccc2C)CO1)C(c1ccccc1)c1ccccc1. The molecule has 0 aliphatic carbocycles. The molecule has 1 heterocycles. The number of methoxy groups -OCH3 is 1. The minimum atomic E-state index is -0.834. The van der Waals surface area contributed by atoms with Crippen molar-refractivity contribution in [3.8, 4) is 0 Å². The van der Waals surface area contributed by atoms with Crippen molar-refractivity contribution in [3.63, 3.8) is 0 Å².